The van der Waals surface area contributed by atoms with E-state index in [2.05, 4.69) is 16.2 Å². The largest absolute Gasteiger partial charge is 0.496 e. The van der Waals surface area contributed by atoms with Gasteiger partial charge in [0.15, 0.2) is 5.69 Å². The number of fused-ring (bicyclic) bond motifs is 1. The molecule has 5 rings (SSSR count). The first kappa shape index (κ1) is 26.2. The second kappa shape index (κ2) is 11.6. The minimum absolute atomic E-state index is 0.0297. The zero-order valence-corrected chi connectivity index (χ0v) is 23.1. The van der Waals surface area contributed by atoms with Gasteiger partial charge in [-0.25, -0.2) is 4.85 Å². The van der Waals surface area contributed by atoms with Crippen LogP contribution < -0.4 is 10.1 Å². The van der Waals surface area contributed by atoms with Crippen molar-refractivity contribution < 1.29 is 9.53 Å². The molecule has 1 aromatic heterocycles. The van der Waals surface area contributed by atoms with E-state index < -0.39 is 0 Å². The van der Waals surface area contributed by atoms with Crippen molar-refractivity contribution in [2.45, 2.75) is 44.3 Å². The lowest BCUT2D eigenvalue weighted by atomic mass is 9.89. The third-order valence-corrected chi connectivity index (χ3v) is 9.15. The van der Waals surface area contributed by atoms with Crippen molar-refractivity contribution in [3.05, 3.63) is 93.6 Å². The first-order valence-electron chi connectivity index (χ1n) is 12.8. The monoisotopic (exact) mass is 543 g/mol. The highest BCUT2D eigenvalue weighted by Gasteiger charge is 2.32. The van der Waals surface area contributed by atoms with Crippen LogP contribution in [0, 0.1) is 6.57 Å². The lowest BCUT2D eigenvalue weighted by Gasteiger charge is -2.37. The van der Waals surface area contributed by atoms with Gasteiger partial charge in [0.25, 0.3) is 5.91 Å². The lowest BCUT2D eigenvalue weighted by molar-refractivity contribution is 0.0604. The van der Waals surface area contributed by atoms with Gasteiger partial charge in [-0.1, -0.05) is 60.1 Å². The fourth-order valence-electron chi connectivity index (χ4n) is 5.32. The number of thiophene rings is 1. The zero-order valence-electron chi connectivity index (χ0n) is 21.5. The topological polar surface area (TPSA) is 45.9 Å². The number of carbonyl (C=O) groups excluding carboxylic acids is 1. The van der Waals surface area contributed by atoms with Crippen molar-refractivity contribution in [1.29, 1.82) is 0 Å². The summed E-state index contributed by atoms with van der Waals surface area (Å²) in [6.45, 7) is 7.65. The second-order valence-corrected chi connectivity index (χ2v) is 11.1. The molecular formula is C31H30ClN3O2S. The second-order valence-electron chi connectivity index (χ2n) is 9.65. The van der Waals surface area contributed by atoms with Crippen LogP contribution in [0.4, 0.5) is 5.69 Å². The Balaban J connectivity index is 1.52. The Morgan fingerprint density at radius 1 is 1.08 bits per heavy atom. The molecule has 0 spiro atoms. The molecule has 38 heavy (non-hydrogen) atoms. The molecule has 0 unspecified atom stereocenters. The van der Waals surface area contributed by atoms with Crippen LogP contribution in [0.3, 0.4) is 0 Å². The Kier molecular flexibility index (Phi) is 7.99. The highest BCUT2D eigenvalue weighted by Crippen LogP contribution is 2.38. The van der Waals surface area contributed by atoms with Gasteiger partial charge in [0, 0.05) is 34.3 Å². The highest BCUT2D eigenvalue weighted by molar-refractivity contribution is 7.21. The molecule has 0 radical (unpaired) electrons. The summed E-state index contributed by atoms with van der Waals surface area (Å²) in [7, 11) is 3.67. The third kappa shape index (κ3) is 5.28. The van der Waals surface area contributed by atoms with Crippen molar-refractivity contribution >= 4 is 44.6 Å². The van der Waals surface area contributed by atoms with E-state index in [0.29, 0.717) is 28.2 Å². The fraction of sp³-hybridized carbons (Fsp3) is 0.290. The standard InChI is InChI=1S/C31H30ClN3O2S/c1-33-23-11-8-20(9-12-23)21-10-17-27(37-3)22(18-21)19-35(25-15-13-24(34-2)14-16-25)31(36)30-29(32)26-6-4-5-7-28(26)38-30/h4-12,17-18,24-25,34H,13-16,19H2,2-3H3/t24-,25-. The average molecular weight is 544 g/mol. The van der Waals surface area contributed by atoms with Crippen molar-refractivity contribution in [3.63, 3.8) is 0 Å². The van der Waals surface area contributed by atoms with Crippen LogP contribution in [-0.4, -0.2) is 37.0 Å². The first-order valence-corrected chi connectivity index (χ1v) is 14.0. The molecule has 194 valence electrons. The zero-order chi connectivity index (χ0) is 26.6. The molecule has 1 saturated carbocycles. The number of carbonyl (C=O) groups is 1. The molecule has 1 amide bonds. The summed E-state index contributed by atoms with van der Waals surface area (Å²) in [5.41, 5.74) is 3.59. The van der Waals surface area contributed by atoms with E-state index in [1.54, 1.807) is 7.11 Å². The molecule has 7 heteroatoms. The van der Waals surface area contributed by atoms with E-state index in [0.717, 1.165) is 58.2 Å². The SMILES string of the molecule is [C-]#[N+]c1ccc(-c2ccc(OC)c(CN(C(=O)c3sc4ccccc4c3Cl)[C@H]3CC[C@H](NC)CC3)c2)cc1. The highest BCUT2D eigenvalue weighted by atomic mass is 35.5. The summed E-state index contributed by atoms with van der Waals surface area (Å²) in [5.74, 6) is 0.716. The number of ether oxygens (including phenoxy) is 1. The third-order valence-electron chi connectivity index (χ3n) is 7.49. The van der Waals surface area contributed by atoms with Crippen molar-refractivity contribution in [2.75, 3.05) is 14.2 Å². The van der Waals surface area contributed by atoms with Gasteiger partial charge in [0.05, 0.1) is 18.7 Å². The number of nitrogens with one attached hydrogen (secondary N) is 1. The maximum Gasteiger partial charge on any atom is 0.266 e. The van der Waals surface area contributed by atoms with Crippen molar-refractivity contribution in [2.24, 2.45) is 0 Å². The molecule has 4 aromatic rings. The minimum Gasteiger partial charge on any atom is -0.496 e. The molecule has 5 nitrogen and oxygen atoms in total. The Morgan fingerprint density at radius 3 is 2.45 bits per heavy atom. The average Bonchev–Trinajstić information content (AvgIpc) is 3.32. The van der Waals surface area contributed by atoms with Crippen LogP contribution >= 0.6 is 22.9 Å². The van der Waals surface area contributed by atoms with Gasteiger partial charge in [0.2, 0.25) is 0 Å². The lowest BCUT2D eigenvalue weighted by Crippen LogP contribution is -2.44. The van der Waals surface area contributed by atoms with E-state index in [-0.39, 0.29) is 11.9 Å². The number of benzene rings is 3. The summed E-state index contributed by atoms with van der Waals surface area (Å²) in [6, 6.07) is 22.1. The van der Waals surface area contributed by atoms with Crippen molar-refractivity contribution in [3.8, 4) is 16.9 Å². The van der Waals surface area contributed by atoms with Gasteiger partial charge in [-0.05, 0) is 62.1 Å². The van der Waals surface area contributed by atoms with E-state index >= 15 is 0 Å². The Morgan fingerprint density at radius 2 is 1.79 bits per heavy atom. The quantitative estimate of drug-likeness (QED) is 0.240. The molecule has 0 aliphatic heterocycles. The van der Waals surface area contributed by atoms with E-state index in [1.807, 2.05) is 72.6 Å². The molecule has 3 aromatic carbocycles. The Labute approximate surface area is 232 Å². The molecule has 1 N–H and O–H groups in total. The maximum absolute atomic E-state index is 14.2. The van der Waals surface area contributed by atoms with Gasteiger partial charge >= 0.3 is 0 Å². The number of methoxy groups -OCH3 is 1. The van der Waals surface area contributed by atoms with E-state index in [4.69, 9.17) is 22.9 Å². The normalized spacial score (nSPS) is 17.2. The van der Waals surface area contributed by atoms with Crippen LogP contribution in [0.1, 0.15) is 40.9 Å². The summed E-state index contributed by atoms with van der Waals surface area (Å²) >= 11 is 8.24. The predicted molar refractivity (Wildman–Crippen MR) is 157 cm³/mol. The molecule has 1 aliphatic rings. The van der Waals surface area contributed by atoms with Gasteiger partial charge in [-0.15, -0.1) is 11.3 Å². The molecule has 0 atom stereocenters. The summed E-state index contributed by atoms with van der Waals surface area (Å²) in [6.07, 6.45) is 3.91. The molecule has 0 saturated heterocycles. The Bertz CT molecular complexity index is 1480. The van der Waals surface area contributed by atoms with Crippen LogP contribution in [0.25, 0.3) is 26.1 Å². The molecular weight excluding hydrogens is 514 g/mol. The van der Waals surface area contributed by atoms with Crippen LogP contribution in [0.5, 0.6) is 5.75 Å². The summed E-state index contributed by atoms with van der Waals surface area (Å²) < 4.78 is 6.76. The number of amides is 1. The summed E-state index contributed by atoms with van der Waals surface area (Å²) in [4.78, 5) is 20.3. The smallest absolute Gasteiger partial charge is 0.266 e. The van der Waals surface area contributed by atoms with Gasteiger partial charge in [-0.3, -0.25) is 4.79 Å². The first-order chi connectivity index (χ1) is 18.5. The number of rotatable bonds is 7. The number of halogens is 1. The molecule has 0 bridgehead atoms. The van der Waals surface area contributed by atoms with Gasteiger partial charge < -0.3 is 15.0 Å². The van der Waals surface area contributed by atoms with Crippen LogP contribution in [-0.2, 0) is 6.54 Å². The van der Waals surface area contributed by atoms with E-state index in [9.17, 15) is 4.79 Å². The minimum atomic E-state index is -0.0297. The summed E-state index contributed by atoms with van der Waals surface area (Å²) in [5, 5.41) is 4.84. The van der Waals surface area contributed by atoms with Crippen molar-refractivity contribution in [1.82, 2.24) is 10.2 Å². The molecule has 1 heterocycles. The van der Waals surface area contributed by atoms with Crippen LogP contribution in [0.15, 0.2) is 66.7 Å². The Hall–Kier alpha value is -3.37. The number of hydrogen-bond donors (Lipinski definition) is 1. The molecule has 1 fully saturated rings. The van der Waals surface area contributed by atoms with Crippen LogP contribution in [0.2, 0.25) is 5.02 Å². The molecule has 1 aliphatic carbocycles. The maximum atomic E-state index is 14.2. The fourth-order valence-corrected chi connectivity index (χ4v) is 6.79. The van der Waals surface area contributed by atoms with Gasteiger partial charge in [0.1, 0.15) is 10.6 Å². The number of hydrogen-bond acceptors (Lipinski definition) is 4. The van der Waals surface area contributed by atoms with Gasteiger partial charge in [-0.2, -0.15) is 0 Å². The predicted octanol–water partition coefficient (Wildman–Crippen LogP) is 7.95. The van der Waals surface area contributed by atoms with E-state index in [1.165, 1.54) is 11.3 Å². The number of nitrogens with zero attached hydrogens (tertiary/aromatic N) is 2.